The van der Waals surface area contributed by atoms with Gasteiger partial charge in [0, 0.05) is 6.54 Å². The molecule has 0 heterocycles. The molecule has 2 N–H and O–H groups in total. The van der Waals surface area contributed by atoms with Gasteiger partial charge in [-0.2, -0.15) is 13.2 Å². The normalized spacial score (nSPS) is 12.2. The first-order valence-electron chi connectivity index (χ1n) is 4.61. The Bertz CT molecular complexity index is 387. The van der Waals surface area contributed by atoms with Crippen molar-refractivity contribution in [2.24, 2.45) is 5.73 Å². The van der Waals surface area contributed by atoms with Crippen LogP contribution in [-0.4, -0.2) is 6.54 Å². The highest BCUT2D eigenvalue weighted by Gasteiger charge is 2.30. The van der Waals surface area contributed by atoms with Crippen molar-refractivity contribution in [2.45, 2.75) is 12.6 Å². The lowest BCUT2D eigenvalue weighted by Gasteiger charge is -2.09. The summed E-state index contributed by atoms with van der Waals surface area (Å²) in [6.07, 6.45) is -3.95. The van der Waals surface area contributed by atoms with Crippen LogP contribution >= 0.6 is 12.4 Å². The first-order chi connectivity index (χ1) is 7.47. The quantitative estimate of drug-likeness (QED) is 0.836. The van der Waals surface area contributed by atoms with E-state index in [1.807, 2.05) is 0 Å². The van der Waals surface area contributed by atoms with E-state index < -0.39 is 11.7 Å². The number of benzene rings is 1. The zero-order valence-corrected chi connectivity index (χ0v) is 9.61. The van der Waals surface area contributed by atoms with Gasteiger partial charge < -0.3 is 5.73 Å². The molecular weight excluding hydrogens is 258 g/mol. The molecular formula is C11H12ClF4N. The van der Waals surface area contributed by atoms with Crippen LogP contribution in [0.5, 0.6) is 0 Å². The van der Waals surface area contributed by atoms with E-state index in [2.05, 4.69) is 0 Å². The van der Waals surface area contributed by atoms with Crippen LogP contribution in [-0.2, 0) is 12.6 Å². The maximum Gasteiger partial charge on any atom is 0.416 e. The minimum Gasteiger partial charge on any atom is -0.327 e. The third kappa shape index (κ3) is 4.75. The molecule has 0 fully saturated rings. The number of halogens is 5. The van der Waals surface area contributed by atoms with Gasteiger partial charge in [-0.25, -0.2) is 4.39 Å². The van der Waals surface area contributed by atoms with Gasteiger partial charge in [-0.15, -0.1) is 12.4 Å². The van der Waals surface area contributed by atoms with Gasteiger partial charge >= 0.3 is 6.18 Å². The van der Waals surface area contributed by atoms with Crippen LogP contribution in [0.3, 0.4) is 0 Å². The molecule has 0 unspecified atom stereocenters. The second-order valence-electron chi connectivity index (χ2n) is 3.35. The van der Waals surface area contributed by atoms with Crippen LogP contribution in [0.1, 0.15) is 11.1 Å². The Hall–Kier alpha value is -1.07. The highest BCUT2D eigenvalue weighted by atomic mass is 35.5. The van der Waals surface area contributed by atoms with Crippen molar-refractivity contribution in [2.75, 3.05) is 6.54 Å². The summed E-state index contributed by atoms with van der Waals surface area (Å²) in [5.41, 5.74) is 5.14. The van der Waals surface area contributed by atoms with E-state index in [1.165, 1.54) is 12.1 Å². The minimum atomic E-state index is -4.38. The third-order valence-corrected chi connectivity index (χ3v) is 2.10. The Morgan fingerprint density at radius 1 is 1.29 bits per heavy atom. The van der Waals surface area contributed by atoms with Gasteiger partial charge in [0.1, 0.15) is 0 Å². The second-order valence-corrected chi connectivity index (χ2v) is 3.35. The molecule has 0 saturated heterocycles. The molecule has 0 aromatic heterocycles. The predicted molar refractivity (Wildman–Crippen MR) is 60.6 cm³/mol. The average molecular weight is 270 g/mol. The van der Waals surface area contributed by atoms with Gasteiger partial charge in [0.2, 0.25) is 0 Å². The van der Waals surface area contributed by atoms with Crippen molar-refractivity contribution in [1.29, 1.82) is 0 Å². The van der Waals surface area contributed by atoms with Gasteiger partial charge in [0.15, 0.2) is 0 Å². The first-order valence-corrected chi connectivity index (χ1v) is 4.61. The molecule has 0 saturated carbocycles. The topological polar surface area (TPSA) is 26.0 Å². The zero-order chi connectivity index (χ0) is 12.2. The lowest BCUT2D eigenvalue weighted by atomic mass is 10.0. The fourth-order valence-corrected chi connectivity index (χ4v) is 1.28. The maximum atomic E-state index is 12.4. The molecule has 1 aromatic rings. The van der Waals surface area contributed by atoms with E-state index in [0.717, 1.165) is 12.1 Å². The molecule has 0 spiro atoms. The Morgan fingerprint density at radius 3 is 2.41 bits per heavy atom. The number of alkyl halides is 3. The molecule has 0 aliphatic rings. The largest absolute Gasteiger partial charge is 0.416 e. The van der Waals surface area contributed by atoms with E-state index in [-0.39, 0.29) is 30.9 Å². The van der Waals surface area contributed by atoms with Crippen LogP contribution in [0.15, 0.2) is 36.2 Å². The van der Waals surface area contributed by atoms with Crippen LogP contribution in [0.2, 0.25) is 0 Å². The van der Waals surface area contributed by atoms with Crippen molar-refractivity contribution in [3.05, 3.63) is 47.3 Å². The predicted octanol–water partition coefficient (Wildman–Crippen LogP) is 3.48. The molecule has 1 nitrogen and oxygen atoms in total. The molecule has 6 heteroatoms. The van der Waals surface area contributed by atoms with Crippen molar-refractivity contribution in [3.8, 4) is 0 Å². The maximum absolute atomic E-state index is 12.4. The molecule has 0 radical (unpaired) electrons. The molecule has 0 atom stereocenters. The summed E-state index contributed by atoms with van der Waals surface area (Å²) in [6.45, 7) is -0.00720. The van der Waals surface area contributed by atoms with Gasteiger partial charge in [0.25, 0.3) is 0 Å². The van der Waals surface area contributed by atoms with Gasteiger partial charge in [-0.3, -0.25) is 0 Å². The SMILES string of the molecule is Cl.NCC(=CF)Cc1cccc(C(F)(F)F)c1. The van der Waals surface area contributed by atoms with E-state index in [1.54, 1.807) is 0 Å². The summed E-state index contributed by atoms with van der Waals surface area (Å²) in [5, 5.41) is 0. The third-order valence-electron chi connectivity index (χ3n) is 2.10. The van der Waals surface area contributed by atoms with Crippen LogP contribution < -0.4 is 5.73 Å². The molecule has 0 bridgehead atoms. The first kappa shape index (κ1) is 15.9. The summed E-state index contributed by atoms with van der Waals surface area (Å²) in [7, 11) is 0. The van der Waals surface area contributed by atoms with E-state index in [4.69, 9.17) is 5.73 Å². The Morgan fingerprint density at radius 2 is 1.94 bits per heavy atom. The zero-order valence-electron chi connectivity index (χ0n) is 8.80. The van der Waals surface area contributed by atoms with E-state index >= 15 is 0 Å². The minimum absolute atomic E-state index is 0. The number of hydrogen-bond acceptors (Lipinski definition) is 1. The molecule has 96 valence electrons. The summed E-state index contributed by atoms with van der Waals surface area (Å²) >= 11 is 0. The Kier molecular flexibility index (Phi) is 6.20. The number of rotatable bonds is 3. The Labute approximate surface area is 103 Å². The lowest BCUT2D eigenvalue weighted by molar-refractivity contribution is -0.137. The fourth-order valence-electron chi connectivity index (χ4n) is 1.28. The molecule has 0 amide bonds. The lowest BCUT2D eigenvalue weighted by Crippen LogP contribution is -2.08. The second kappa shape index (κ2) is 6.61. The molecule has 0 aliphatic carbocycles. The van der Waals surface area contributed by atoms with Gasteiger partial charge in [0.05, 0.1) is 11.9 Å². The summed E-state index contributed by atoms with van der Waals surface area (Å²) < 4.78 is 49.3. The molecule has 1 rings (SSSR count). The molecule has 17 heavy (non-hydrogen) atoms. The average Bonchev–Trinajstić information content (AvgIpc) is 2.25. The highest BCUT2D eigenvalue weighted by molar-refractivity contribution is 5.85. The summed E-state index contributed by atoms with van der Waals surface area (Å²) in [6, 6.07) is 4.78. The molecule has 1 aromatic carbocycles. The number of hydrogen-bond donors (Lipinski definition) is 1. The number of nitrogens with two attached hydrogens (primary N) is 1. The smallest absolute Gasteiger partial charge is 0.327 e. The fraction of sp³-hybridized carbons (Fsp3) is 0.273. The van der Waals surface area contributed by atoms with E-state index in [0.29, 0.717) is 11.9 Å². The van der Waals surface area contributed by atoms with Gasteiger partial charge in [-0.1, -0.05) is 18.2 Å². The van der Waals surface area contributed by atoms with Crippen molar-refractivity contribution in [3.63, 3.8) is 0 Å². The summed E-state index contributed by atoms with van der Waals surface area (Å²) in [5.74, 6) is 0. The highest BCUT2D eigenvalue weighted by Crippen LogP contribution is 2.29. The van der Waals surface area contributed by atoms with Crippen molar-refractivity contribution in [1.82, 2.24) is 0 Å². The summed E-state index contributed by atoms with van der Waals surface area (Å²) in [4.78, 5) is 0. The van der Waals surface area contributed by atoms with Crippen LogP contribution in [0.25, 0.3) is 0 Å². The standard InChI is InChI=1S/C11H11F4N.ClH/c12-6-9(7-16)4-8-2-1-3-10(5-8)11(13,14)15;/h1-3,5-6H,4,7,16H2;1H. The van der Waals surface area contributed by atoms with Crippen molar-refractivity contribution < 1.29 is 17.6 Å². The van der Waals surface area contributed by atoms with Crippen LogP contribution in [0.4, 0.5) is 17.6 Å². The monoisotopic (exact) mass is 269 g/mol. The van der Waals surface area contributed by atoms with Crippen LogP contribution in [0, 0.1) is 0 Å². The van der Waals surface area contributed by atoms with E-state index in [9.17, 15) is 17.6 Å². The molecule has 0 aliphatic heterocycles. The Balaban J connectivity index is 0.00000256. The van der Waals surface area contributed by atoms with Crippen molar-refractivity contribution >= 4 is 12.4 Å². The van der Waals surface area contributed by atoms with Gasteiger partial charge in [-0.05, 0) is 23.6 Å².